The predicted octanol–water partition coefficient (Wildman–Crippen LogP) is 3.86. The number of anilines is 1. The summed E-state index contributed by atoms with van der Waals surface area (Å²) in [5.74, 6) is 0.496. The van der Waals surface area contributed by atoms with Gasteiger partial charge in [-0.3, -0.25) is 10.4 Å². The second kappa shape index (κ2) is 10.4. The lowest BCUT2D eigenvalue weighted by Crippen LogP contribution is -2.46. The lowest BCUT2D eigenvalue weighted by Gasteiger charge is -2.31. The molecule has 29 heavy (non-hydrogen) atoms. The number of benzene rings is 1. The third-order valence-corrected chi connectivity index (χ3v) is 5.03. The Bertz CT molecular complexity index is 787. The van der Waals surface area contributed by atoms with Gasteiger partial charge in [-0.1, -0.05) is 18.2 Å². The molecule has 2 aliphatic rings. The summed E-state index contributed by atoms with van der Waals surface area (Å²) in [5.41, 5.74) is 2.45. The molecule has 7 nitrogen and oxygen atoms in total. The lowest BCUT2D eigenvalue weighted by molar-refractivity contribution is -0.714. The number of fused-ring (bicyclic) bond motifs is 2. The second-order valence-electron chi connectivity index (χ2n) is 7.10. The Morgan fingerprint density at radius 2 is 1.86 bits per heavy atom. The summed E-state index contributed by atoms with van der Waals surface area (Å²) in [7, 11) is 0. The molecule has 0 amide bonds. The van der Waals surface area contributed by atoms with Gasteiger partial charge in [-0.05, 0) is 50.8 Å². The van der Waals surface area contributed by atoms with Gasteiger partial charge in [0, 0.05) is 30.6 Å². The van der Waals surface area contributed by atoms with Crippen molar-refractivity contribution in [2.24, 2.45) is 0 Å². The van der Waals surface area contributed by atoms with Crippen LogP contribution in [0.1, 0.15) is 33.1 Å². The van der Waals surface area contributed by atoms with E-state index in [2.05, 4.69) is 0 Å². The van der Waals surface area contributed by atoms with Crippen LogP contribution in [0.15, 0.2) is 42.0 Å². The average Bonchev–Trinajstić information content (AvgIpc) is 2.73. The summed E-state index contributed by atoms with van der Waals surface area (Å²) < 4.78 is 17.9. The minimum Gasteiger partial charge on any atom is -0.484 e. The number of hydroxylamine groups is 1. The Morgan fingerprint density at radius 1 is 1.07 bits per heavy atom. The number of para-hydroxylation sites is 1. The standard InChI is InChI=1S/C22H31N2O5/c1-3-27-13-5-4-6-14-28-15-16-29-20-12-8-11-19-22(20)24(26)18-10-7-9-17(2)21(18)23(19)25/h7-12,21,25-26H,3-6,13-16H2,1-2H3/q+1. The van der Waals surface area contributed by atoms with Crippen molar-refractivity contribution in [1.29, 1.82) is 0 Å². The van der Waals surface area contributed by atoms with Gasteiger partial charge >= 0.3 is 5.69 Å². The van der Waals surface area contributed by atoms with Crippen LogP contribution < -0.4 is 9.80 Å². The Labute approximate surface area is 172 Å². The van der Waals surface area contributed by atoms with E-state index in [0.29, 0.717) is 42.7 Å². The molecule has 2 N–H and O–H groups in total. The summed E-state index contributed by atoms with van der Waals surface area (Å²) >= 11 is 0. The molecule has 0 fully saturated rings. The van der Waals surface area contributed by atoms with Gasteiger partial charge in [0.25, 0.3) is 5.71 Å². The van der Waals surface area contributed by atoms with E-state index in [1.807, 2.05) is 26.0 Å². The van der Waals surface area contributed by atoms with Crippen molar-refractivity contribution >= 4 is 17.1 Å². The molecule has 0 saturated heterocycles. The zero-order chi connectivity index (χ0) is 20.6. The number of nitrogens with zero attached hydrogens (tertiary/aromatic N) is 2. The molecule has 0 bridgehead atoms. The molecule has 3 rings (SSSR count). The number of hydrogen-bond donors (Lipinski definition) is 2. The van der Waals surface area contributed by atoms with Gasteiger partial charge in [0.05, 0.1) is 6.61 Å². The molecule has 0 spiro atoms. The van der Waals surface area contributed by atoms with E-state index in [-0.39, 0.29) is 0 Å². The number of allylic oxidation sites excluding steroid dienone is 2. The lowest BCUT2D eigenvalue weighted by atomic mass is 9.95. The van der Waals surface area contributed by atoms with E-state index < -0.39 is 6.04 Å². The normalized spacial score (nSPS) is 17.8. The van der Waals surface area contributed by atoms with Crippen molar-refractivity contribution in [2.75, 3.05) is 38.1 Å². The van der Waals surface area contributed by atoms with Crippen LogP contribution in [0.4, 0.5) is 11.4 Å². The maximum absolute atomic E-state index is 10.8. The molecule has 158 valence electrons. The second-order valence-corrected chi connectivity index (χ2v) is 7.10. The van der Waals surface area contributed by atoms with Crippen LogP contribution >= 0.6 is 0 Å². The molecule has 0 saturated carbocycles. The molecule has 1 aliphatic carbocycles. The molecule has 1 atom stereocenters. The van der Waals surface area contributed by atoms with Gasteiger partial charge in [0.2, 0.25) is 0 Å². The van der Waals surface area contributed by atoms with E-state index >= 15 is 0 Å². The molecule has 0 radical (unpaired) electrons. The third-order valence-electron chi connectivity index (χ3n) is 5.03. The Kier molecular flexibility index (Phi) is 7.69. The van der Waals surface area contributed by atoms with E-state index in [4.69, 9.17) is 14.2 Å². The number of unbranched alkanes of at least 4 members (excludes halogenated alkanes) is 2. The quantitative estimate of drug-likeness (QED) is 0.332. The molecule has 1 aromatic carbocycles. The van der Waals surface area contributed by atoms with Crippen LogP contribution in [-0.2, 0) is 9.47 Å². The van der Waals surface area contributed by atoms with Crippen molar-refractivity contribution in [1.82, 2.24) is 0 Å². The van der Waals surface area contributed by atoms with Crippen LogP contribution in [0.5, 0.6) is 5.75 Å². The Balaban J connectivity index is 1.55. The fourth-order valence-electron chi connectivity index (χ4n) is 3.55. The van der Waals surface area contributed by atoms with Crippen LogP contribution in [0, 0.1) is 0 Å². The van der Waals surface area contributed by atoms with Gasteiger partial charge in [-0.2, -0.15) is 0 Å². The SMILES string of the molecule is CCOCCCCCOCCOc1cccc2c1[N+](O)=C1C=CC=C(C)C1N2O. The molecule has 7 heteroatoms. The first-order valence-corrected chi connectivity index (χ1v) is 10.2. The van der Waals surface area contributed by atoms with E-state index in [0.717, 1.165) is 42.8 Å². The van der Waals surface area contributed by atoms with Gasteiger partial charge in [-0.25, -0.2) is 5.06 Å². The van der Waals surface area contributed by atoms with Gasteiger partial charge in [0.1, 0.15) is 12.3 Å². The third kappa shape index (κ3) is 4.98. The largest absolute Gasteiger partial charge is 0.484 e. The molecular formula is C22H31N2O5+. The Hall–Kier alpha value is -2.35. The molecule has 1 aromatic rings. The minimum atomic E-state index is -0.418. The van der Waals surface area contributed by atoms with Gasteiger partial charge < -0.3 is 14.2 Å². The summed E-state index contributed by atoms with van der Waals surface area (Å²) in [6.45, 7) is 7.01. The van der Waals surface area contributed by atoms with Crippen LogP contribution in [-0.4, -0.2) is 59.9 Å². The van der Waals surface area contributed by atoms with Gasteiger partial charge in [-0.15, -0.1) is 0 Å². The summed E-state index contributed by atoms with van der Waals surface area (Å²) in [4.78, 5) is 0. The van der Waals surface area contributed by atoms with E-state index in [9.17, 15) is 10.4 Å². The highest BCUT2D eigenvalue weighted by atomic mass is 16.5. The van der Waals surface area contributed by atoms with E-state index in [1.165, 1.54) is 5.06 Å². The topological polar surface area (TPSA) is 74.4 Å². The molecule has 1 heterocycles. The predicted molar refractivity (Wildman–Crippen MR) is 111 cm³/mol. The van der Waals surface area contributed by atoms with Crippen molar-refractivity contribution in [3.8, 4) is 5.75 Å². The van der Waals surface area contributed by atoms with Crippen molar-refractivity contribution in [2.45, 2.75) is 39.2 Å². The summed E-state index contributed by atoms with van der Waals surface area (Å²) in [6, 6.07) is 4.92. The van der Waals surface area contributed by atoms with Gasteiger partial charge in [0.15, 0.2) is 11.8 Å². The molecule has 1 aliphatic heterocycles. The average molecular weight is 403 g/mol. The fraction of sp³-hybridized carbons (Fsp3) is 0.500. The fourth-order valence-corrected chi connectivity index (χ4v) is 3.55. The first-order chi connectivity index (χ1) is 14.1. The number of hydrogen-bond acceptors (Lipinski definition) is 6. The monoisotopic (exact) mass is 403 g/mol. The van der Waals surface area contributed by atoms with Crippen LogP contribution in [0.2, 0.25) is 0 Å². The molecule has 1 unspecified atom stereocenters. The molecular weight excluding hydrogens is 372 g/mol. The zero-order valence-corrected chi connectivity index (χ0v) is 17.2. The highest BCUT2D eigenvalue weighted by Gasteiger charge is 2.43. The number of rotatable bonds is 11. The smallest absolute Gasteiger partial charge is 0.324 e. The van der Waals surface area contributed by atoms with Crippen molar-refractivity contribution in [3.05, 3.63) is 42.0 Å². The summed E-state index contributed by atoms with van der Waals surface area (Å²) in [5, 5.41) is 22.7. The van der Waals surface area contributed by atoms with Crippen LogP contribution in [0.25, 0.3) is 0 Å². The highest BCUT2D eigenvalue weighted by molar-refractivity contribution is 6.03. The maximum Gasteiger partial charge on any atom is 0.324 e. The first kappa shape index (κ1) is 21.4. The van der Waals surface area contributed by atoms with Crippen LogP contribution in [0.3, 0.4) is 0 Å². The molecule has 0 aromatic heterocycles. The minimum absolute atomic E-state index is 0.363. The maximum atomic E-state index is 10.8. The first-order valence-electron chi connectivity index (χ1n) is 10.2. The number of ether oxygens (including phenoxy) is 3. The summed E-state index contributed by atoms with van der Waals surface area (Å²) in [6.07, 6.45) is 8.70. The van der Waals surface area contributed by atoms with Crippen molar-refractivity contribution < 1.29 is 29.4 Å². The Morgan fingerprint density at radius 3 is 2.66 bits per heavy atom. The van der Waals surface area contributed by atoms with Crippen molar-refractivity contribution in [3.63, 3.8) is 0 Å². The zero-order valence-electron chi connectivity index (χ0n) is 17.2. The highest BCUT2D eigenvalue weighted by Crippen LogP contribution is 2.41. The van der Waals surface area contributed by atoms with E-state index in [1.54, 1.807) is 24.3 Å².